The number of amides is 1. The molecule has 3 aromatic rings. The molecule has 5 rings (SSSR count). The van der Waals surface area contributed by atoms with Gasteiger partial charge in [-0.25, -0.2) is 4.98 Å². The van der Waals surface area contributed by atoms with Crippen molar-refractivity contribution in [2.75, 3.05) is 19.6 Å². The molecule has 0 aliphatic carbocycles. The quantitative estimate of drug-likeness (QED) is 0.690. The van der Waals surface area contributed by atoms with Crippen LogP contribution in [-0.4, -0.2) is 46.4 Å². The first-order valence-electron chi connectivity index (χ1n) is 9.19. The maximum atomic E-state index is 12.8. The number of likely N-dealkylation sites (tertiary alicyclic amines) is 1. The van der Waals surface area contributed by atoms with Crippen LogP contribution >= 0.6 is 22.7 Å². The fraction of sp³-hybridized carbons (Fsp3) is 0.400. The second kappa shape index (κ2) is 6.44. The van der Waals surface area contributed by atoms with Gasteiger partial charge in [-0.05, 0) is 48.1 Å². The molecule has 4 nitrogen and oxygen atoms in total. The van der Waals surface area contributed by atoms with Gasteiger partial charge in [-0.15, -0.1) is 22.7 Å². The van der Waals surface area contributed by atoms with Crippen LogP contribution in [0.4, 0.5) is 0 Å². The van der Waals surface area contributed by atoms with Crippen molar-refractivity contribution in [2.45, 2.75) is 32.4 Å². The Morgan fingerprint density at radius 1 is 1.31 bits per heavy atom. The second-order valence-corrected chi connectivity index (χ2v) is 9.21. The van der Waals surface area contributed by atoms with Crippen LogP contribution in [0.3, 0.4) is 0 Å². The van der Waals surface area contributed by atoms with Crippen molar-refractivity contribution in [3.63, 3.8) is 0 Å². The normalized spacial score (nSPS) is 18.1. The molecule has 1 saturated heterocycles. The van der Waals surface area contributed by atoms with Crippen molar-refractivity contribution in [1.82, 2.24) is 14.8 Å². The highest BCUT2D eigenvalue weighted by Crippen LogP contribution is 2.29. The zero-order valence-electron chi connectivity index (χ0n) is 14.8. The summed E-state index contributed by atoms with van der Waals surface area (Å²) in [4.78, 5) is 23.5. The fourth-order valence-electron chi connectivity index (χ4n) is 3.87. The number of rotatable bonds is 3. The summed E-state index contributed by atoms with van der Waals surface area (Å²) < 4.78 is 1.12. The van der Waals surface area contributed by atoms with E-state index in [0.717, 1.165) is 59.8 Å². The first kappa shape index (κ1) is 16.4. The molecule has 26 heavy (non-hydrogen) atoms. The van der Waals surface area contributed by atoms with E-state index in [1.54, 1.807) is 11.3 Å². The van der Waals surface area contributed by atoms with Gasteiger partial charge in [0.1, 0.15) is 0 Å². The molecule has 6 heteroatoms. The Hall–Kier alpha value is -1.76. The Labute approximate surface area is 161 Å². The third-order valence-corrected chi connectivity index (χ3v) is 7.67. The minimum Gasteiger partial charge on any atom is -0.335 e. The van der Waals surface area contributed by atoms with E-state index in [1.165, 1.54) is 10.4 Å². The predicted octanol–water partition coefficient (Wildman–Crippen LogP) is 3.80. The van der Waals surface area contributed by atoms with Gasteiger partial charge in [0.25, 0.3) is 5.91 Å². The zero-order chi connectivity index (χ0) is 17.7. The maximum absolute atomic E-state index is 12.8. The second-order valence-electron chi connectivity index (χ2n) is 7.10. The van der Waals surface area contributed by atoms with E-state index in [4.69, 9.17) is 0 Å². The number of aryl methyl sites for hydroxylation is 1. The highest BCUT2D eigenvalue weighted by molar-refractivity contribution is 7.18. The van der Waals surface area contributed by atoms with Gasteiger partial charge in [0.2, 0.25) is 0 Å². The molecule has 0 radical (unpaired) electrons. The van der Waals surface area contributed by atoms with Crippen molar-refractivity contribution in [3.05, 3.63) is 50.7 Å². The van der Waals surface area contributed by atoms with E-state index in [0.29, 0.717) is 6.04 Å². The molecule has 0 unspecified atom stereocenters. The number of benzene rings is 1. The highest BCUT2D eigenvalue weighted by Gasteiger charge is 2.36. The number of carbonyl (C=O) groups is 1. The van der Waals surface area contributed by atoms with Gasteiger partial charge in [-0.2, -0.15) is 0 Å². The molecule has 1 amide bonds. The molecule has 2 aliphatic rings. The van der Waals surface area contributed by atoms with Crippen molar-refractivity contribution in [1.29, 1.82) is 0 Å². The SMILES string of the molecule is CCc1nc2ccc(C(=O)N3CC(N4CCc5sccc5C4)C3)cc2s1. The molecular formula is C20H21N3OS2. The topological polar surface area (TPSA) is 36.4 Å². The van der Waals surface area contributed by atoms with E-state index in [9.17, 15) is 4.79 Å². The lowest BCUT2D eigenvalue weighted by molar-refractivity contribution is 0.0221. The monoisotopic (exact) mass is 383 g/mol. The number of thiazole rings is 1. The lowest BCUT2D eigenvalue weighted by Gasteiger charge is -2.46. The van der Waals surface area contributed by atoms with Crippen molar-refractivity contribution in [2.24, 2.45) is 0 Å². The minimum atomic E-state index is 0.155. The third kappa shape index (κ3) is 2.76. The van der Waals surface area contributed by atoms with Crippen LogP contribution in [0.15, 0.2) is 29.6 Å². The Kier molecular flexibility index (Phi) is 4.07. The Bertz CT molecular complexity index is 971. The standard InChI is InChI=1S/C20H21N3OS2/c1-2-19-21-16-4-3-13(9-18(16)26-19)20(24)23-11-15(12-23)22-7-5-17-14(10-22)6-8-25-17/h3-4,6,8-9,15H,2,5,7,10-12H2,1H3. The van der Waals surface area contributed by atoms with E-state index in [2.05, 4.69) is 28.3 Å². The first-order valence-corrected chi connectivity index (χ1v) is 10.9. The van der Waals surface area contributed by atoms with Gasteiger partial charge in [-0.3, -0.25) is 9.69 Å². The maximum Gasteiger partial charge on any atom is 0.254 e. The summed E-state index contributed by atoms with van der Waals surface area (Å²) in [6, 6.07) is 8.68. The van der Waals surface area contributed by atoms with Gasteiger partial charge in [0, 0.05) is 42.7 Å². The van der Waals surface area contributed by atoms with Gasteiger partial charge in [0.05, 0.1) is 15.2 Å². The smallest absolute Gasteiger partial charge is 0.254 e. The average molecular weight is 384 g/mol. The fourth-order valence-corrected chi connectivity index (χ4v) is 5.71. The van der Waals surface area contributed by atoms with Crippen molar-refractivity contribution >= 4 is 38.8 Å². The summed E-state index contributed by atoms with van der Waals surface area (Å²) in [5, 5.41) is 3.33. The lowest BCUT2D eigenvalue weighted by Crippen LogP contribution is -2.61. The summed E-state index contributed by atoms with van der Waals surface area (Å²) in [6.07, 6.45) is 2.09. The summed E-state index contributed by atoms with van der Waals surface area (Å²) in [5.41, 5.74) is 3.28. The number of hydrogen-bond donors (Lipinski definition) is 0. The third-order valence-electron chi connectivity index (χ3n) is 5.49. The Morgan fingerprint density at radius 3 is 3.04 bits per heavy atom. The molecule has 2 aliphatic heterocycles. The number of aromatic nitrogens is 1. The predicted molar refractivity (Wildman–Crippen MR) is 107 cm³/mol. The Balaban J connectivity index is 1.25. The lowest BCUT2D eigenvalue weighted by atomic mass is 10.0. The van der Waals surface area contributed by atoms with Crippen LogP contribution in [0.5, 0.6) is 0 Å². The van der Waals surface area contributed by atoms with Crippen LogP contribution in [0.25, 0.3) is 10.2 Å². The van der Waals surface area contributed by atoms with Crippen LogP contribution in [0, 0.1) is 0 Å². The Morgan fingerprint density at radius 2 is 2.19 bits per heavy atom. The first-order chi connectivity index (χ1) is 12.7. The van der Waals surface area contributed by atoms with Crippen molar-refractivity contribution < 1.29 is 4.79 Å². The molecule has 134 valence electrons. The summed E-state index contributed by atoms with van der Waals surface area (Å²) in [6.45, 7) is 5.97. The van der Waals surface area contributed by atoms with E-state index < -0.39 is 0 Å². The highest BCUT2D eigenvalue weighted by atomic mass is 32.1. The van der Waals surface area contributed by atoms with Crippen LogP contribution in [-0.2, 0) is 19.4 Å². The summed E-state index contributed by atoms with van der Waals surface area (Å²) >= 11 is 3.57. The molecule has 4 heterocycles. The van der Waals surface area contributed by atoms with Crippen molar-refractivity contribution in [3.8, 4) is 0 Å². The molecule has 0 bridgehead atoms. The minimum absolute atomic E-state index is 0.155. The molecule has 2 aromatic heterocycles. The number of fused-ring (bicyclic) bond motifs is 2. The van der Waals surface area contributed by atoms with Crippen LogP contribution < -0.4 is 0 Å². The number of thiophene rings is 1. The molecule has 0 spiro atoms. The molecule has 0 atom stereocenters. The van der Waals surface area contributed by atoms with E-state index >= 15 is 0 Å². The van der Waals surface area contributed by atoms with Gasteiger partial charge in [-0.1, -0.05) is 6.92 Å². The zero-order valence-corrected chi connectivity index (χ0v) is 16.4. The molecule has 0 saturated carbocycles. The molecular weight excluding hydrogens is 362 g/mol. The van der Waals surface area contributed by atoms with Gasteiger partial charge >= 0.3 is 0 Å². The van der Waals surface area contributed by atoms with Gasteiger partial charge in [0.15, 0.2) is 0 Å². The summed E-state index contributed by atoms with van der Waals surface area (Å²) in [5.74, 6) is 0.155. The van der Waals surface area contributed by atoms with E-state index in [-0.39, 0.29) is 5.91 Å². The average Bonchev–Trinajstić information content (AvgIpc) is 3.25. The summed E-state index contributed by atoms with van der Waals surface area (Å²) in [7, 11) is 0. The number of hydrogen-bond acceptors (Lipinski definition) is 5. The number of carbonyl (C=O) groups excluding carboxylic acids is 1. The van der Waals surface area contributed by atoms with Crippen LogP contribution in [0.1, 0.15) is 32.7 Å². The molecule has 1 aromatic carbocycles. The van der Waals surface area contributed by atoms with E-state index in [1.807, 2.05) is 34.4 Å². The molecule has 0 N–H and O–H groups in total. The largest absolute Gasteiger partial charge is 0.335 e. The number of nitrogens with zero attached hydrogens (tertiary/aromatic N) is 3. The van der Waals surface area contributed by atoms with Crippen LogP contribution in [0.2, 0.25) is 0 Å². The van der Waals surface area contributed by atoms with Gasteiger partial charge < -0.3 is 4.90 Å². The molecule has 1 fully saturated rings.